The monoisotopic (exact) mass is 204 g/mol. The van der Waals surface area contributed by atoms with Crippen LogP contribution in [-0.2, 0) is 0 Å². The van der Waals surface area contributed by atoms with Gasteiger partial charge in [0, 0.05) is 12.6 Å². The van der Waals surface area contributed by atoms with Crippen molar-refractivity contribution < 1.29 is 0 Å². The van der Waals surface area contributed by atoms with E-state index in [2.05, 4.69) is 18.7 Å². The van der Waals surface area contributed by atoms with Crippen LogP contribution in [0.3, 0.4) is 0 Å². The van der Waals surface area contributed by atoms with Gasteiger partial charge < -0.3 is 10.6 Å². The van der Waals surface area contributed by atoms with Crippen LogP contribution in [0.25, 0.3) is 0 Å². The maximum absolute atomic E-state index is 6.01. The summed E-state index contributed by atoms with van der Waals surface area (Å²) < 4.78 is 0. The summed E-state index contributed by atoms with van der Waals surface area (Å²) in [7, 11) is 0. The van der Waals surface area contributed by atoms with Crippen LogP contribution >= 0.6 is 13.5 Å². The summed E-state index contributed by atoms with van der Waals surface area (Å²) in [4.78, 5) is 2.49. The van der Waals surface area contributed by atoms with Gasteiger partial charge in [-0.2, -0.15) is 13.5 Å². The van der Waals surface area contributed by atoms with Crippen LogP contribution in [0.15, 0.2) is 0 Å². The van der Waals surface area contributed by atoms with Gasteiger partial charge in [-0.1, -0.05) is 13.8 Å². The van der Waals surface area contributed by atoms with Gasteiger partial charge in [-0.25, -0.2) is 0 Å². The number of nitrogens with zero attached hydrogens (tertiary/aromatic N) is 1. The molecule has 1 aliphatic rings. The third kappa shape index (κ3) is 5.55. The molecule has 1 fully saturated rings. The summed E-state index contributed by atoms with van der Waals surface area (Å²) in [6.07, 6.45) is 3.90. The summed E-state index contributed by atoms with van der Waals surface area (Å²) in [5.41, 5.74) is 6.01. The maximum atomic E-state index is 6.01. The van der Waals surface area contributed by atoms with Crippen molar-refractivity contribution in [3.8, 4) is 0 Å². The predicted molar refractivity (Wildman–Crippen MR) is 63.5 cm³/mol. The molecule has 0 aromatic heterocycles. The van der Waals surface area contributed by atoms with E-state index in [0.29, 0.717) is 6.04 Å². The van der Waals surface area contributed by atoms with E-state index in [9.17, 15) is 0 Å². The van der Waals surface area contributed by atoms with Crippen LogP contribution < -0.4 is 5.73 Å². The molecule has 0 aromatic rings. The first-order valence-corrected chi connectivity index (χ1v) is 5.16. The Morgan fingerprint density at radius 1 is 1.23 bits per heavy atom. The molecule has 1 rings (SSSR count). The molecule has 0 amide bonds. The zero-order chi connectivity index (χ0) is 8.97. The zero-order valence-corrected chi connectivity index (χ0v) is 9.92. The van der Waals surface area contributed by atoms with E-state index in [-0.39, 0.29) is 13.5 Å². The molecular weight excluding hydrogens is 180 g/mol. The lowest BCUT2D eigenvalue weighted by atomic mass is 10.0. The van der Waals surface area contributed by atoms with E-state index in [1.54, 1.807) is 0 Å². The number of rotatable bonds is 4. The Kier molecular flexibility index (Phi) is 6.82. The van der Waals surface area contributed by atoms with Gasteiger partial charge in [0.15, 0.2) is 0 Å². The minimum atomic E-state index is 0. The van der Waals surface area contributed by atoms with Gasteiger partial charge in [-0.05, 0) is 38.3 Å². The van der Waals surface area contributed by atoms with Gasteiger partial charge in [0.25, 0.3) is 0 Å². The molecule has 0 aromatic carbocycles. The molecule has 0 bridgehead atoms. The average molecular weight is 204 g/mol. The second-order valence-electron chi connectivity index (χ2n) is 4.40. The highest BCUT2D eigenvalue weighted by molar-refractivity contribution is 7.59. The van der Waals surface area contributed by atoms with Crippen LogP contribution in [-0.4, -0.2) is 30.6 Å². The van der Waals surface area contributed by atoms with Crippen LogP contribution in [0.4, 0.5) is 0 Å². The average Bonchev–Trinajstić information content (AvgIpc) is 2.37. The molecule has 13 heavy (non-hydrogen) atoms. The van der Waals surface area contributed by atoms with Gasteiger partial charge >= 0.3 is 0 Å². The van der Waals surface area contributed by atoms with Gasteiger partial charge in [0.2, 0.25) is 0 Å². The van der Waals surface area contributed by atoms with Crippen molar-refractivity contribution >= 4 is 13.5 Å². The molecule has 0 unspecified atom stereocenters. The Morgan fingerprint density at radius 3 is 2.23 bits per heavy atom. The van der Waals surface area contributed by atoms with Crippen molar-refractivity contribution in [1.29, 1.82) is 0 Å². The summed E-state index contributed by atoms with van der Waals surface area (Å²) in [6.45, 7) is 8.13. The van der Waals surface area contributed by atoms with Gasteiger partial charge in [-0.3, -0.25) is 0 Å². The van der Waals surface area contributed by atoms with E-state index in [0.717, 1.165) is 18.9 Å². The Morgan fingerprint density at radius 2 is 1.77 bits per heavy atom. The third-order valence-electron chi connectivity index (χ3n) is 2.47. The van der Waals surface area contributed by atoms with E-state index in [1.807, 2.05) is 0 Å². The third-order valence-corrected chi connectivity index (χ3v) is 2.47. The molecule has 0 spiro atoms. The molecule has 0 saturated carbocycles. The fourth-order valence-corrected chi connectivity index (χ4v) is 1.98. The minimum Gasteiger partial charge on any atom is -0.327 e. The van der Waals surface area contributed by atoms with Crippen molar-refractivity contribution in [1.82, 2.24) is 4.90 Å². The lowest BCUT2D eigenvalue weighted by molar-refractivity contribution is 0.296. The van der Waals surface area contributed by atoms with Gasteiger partial charge in [0.1, 0.15) is 0 Å². The van der Waals surface area contributed by atoms with Gasteiger partial charge in [0.05, 0.1) is 0 Å². The molecule has 1 aliphatic heterocycles. The number of hydrogen-bond donors (Lipinski definition) is 1. The van der Waals surface area contributed by atoms with Crippen molar-refractivity contribution in [2.24, 2.45) is 11.7 Å². The predicted octanol–water partition coefficient (Wildman–Crippen LogP) is 1.57. The van der Waals surface area contributed by atoms with Crippen molar-refractivity contribution in [2.75, 3.05) is 19.6 Å². The molecule has 0 aliphatic carbocycles. The molecule has 2 nitrogen and oxygen atoms in total. The second kappa shape index (κ2) is 6.68. The fraction of sp³-hybridized carbons (Fsp3) is 1.00. The molecule has 3 heteroatoms. The van der Waals surface area contributed by atoms with Crippen molar-refractivity contribution in [3.05, 3.63) is 0 Å². The highest BCUT2D eigenvalue weighted by atomic mass is 32.1. The van der Waals surface area contributed by atoms with Gasteiger partial charge in [-0.15, -0.1) is 0 Å². The van der Waals surface area contributed by atoms with Crippen LogP contribution in [0, 0.1) is 5.92 Å². The lowest BCUT2D eigenvalue weighted by Gasteiger charge is -2.21. The lowest BCUT2D eigenvalue weighted by Crippen LogP contribution is -2.36. The molecule has 80 valence electrons. The molecule has 1 atom stereocenters. The summed E-state index contributed by atoms with van der Waals surface area (Å²) in [6, 6.07) is 0.392. The Bertz CT molecular complexity index is 122. The summed E-state index contributed by atoms with van der Waals surface area (Å²) >= 11 is 0. The van der Waals surface area contributed by atoms with E-state index in [4.69, 9.17) is 5.73 Å². The van der Waals surface area contributed by atoms with E-state index in [1.165, 1.54) is 25.9 Å². The van der Waals surface area contributed by atoms with Crippen LogP contribution in [0.1, 0.15) is 33.1 Å². The quantitative estimate of drug-likeness (QED) is 0.753. The first-order valence-electron chi connectivity index (χ1n) is 5.16. The summed E-state index contributed by atoms with van der Waals surface area (Å²) in [5.74, 6) is 0.739. The molecule has 2 N–H and O–H groups in total. The fourth-order valence-electron chi connectivity index (χ4n) is 1.98. The number of nitrogens with two attached hydrogens (primary N) is 1. The molecular formula is C10H24N2S. The highest BCUT2D eigenvalue weighted by Gasteiger charge is 2.15. The maximum Gasteiger partial charge on any atom is 0.0170 e. The second-order valence-corrected chi connectivity index (χ2v) is 4.40. The van der Waals surface area contributed by atoms with Crippen molar-refractivity contribution in [3.63, 3.8) is 0 Å². The number of likely N-dealkylation sites (tertiary alicyclic amines) is 1. The Hall–Kier alpha value is 0.270. The normalized spacial score (nSPS) is 20.3. The smallest absolute Gasteiger partial charge is 0.0170 e. The first-order chi connectivity index (χ1) is 5.68. The van der Waals surface area contributed by atoms with E-state index < -0.39 is 0 Å². The standard InChI is InChI=1S/C10H22N2.H2S/c1-9(2)7-10(11)8-12-5-3-4-6-12;/h9-10H,3-8,11H2,1-2H3;1H2/t10-;/m0./s1. The number of hydrogen-bond acceptors (Lipinski definition) is 2. The zero-order valence-electron chi connectivity index (χ0n) is 8.92. The van der Waals surface area contributed by atoms with Crippen LogP contribution in [0.2, 0.25) is 0 Å². The molecule has 1 saturated heterocycles. The Labute approximate surface area is 89.3 Å². The van der Waals surface area contributed by atoms with Crippen molar-refractivity contribution in [2.45, 2.75) is 39.2 Å². The topological polar surface area (TPSA) is 29.3 Å². The SMILES string of the molecule is CC(C)C[C@H](N)CN1CCCC1.S. The van der Waals surface area contributed by atoms with Crippen LogP contribution in [0.5, 0.6) is 0 Å². The highest BCUT2D eigenvalue weighted by Crippen LogP contribution is 2.10. The minimum absolute atomic E-state index is 0. The first kappa shape index (κ1) is 13.3. The summed E-state index contributed by atoms with van der Waals surface area (Å²) in [5, 5.41) is 0. The Balaban J connectivity index is 0.00000144. The molecule has 0 radical (unpaired) electrons. The largest absolute Gasteiger partial charge is 0.327 e. The molecule has 1 heterocycles. The van der Waals surface area contributed by atoms with E-state index >= 15 is 0 Å².